The zero-order valence-corrected chi connectivity index (χ0v) is 12.8. The lowest BCUT2D eigenvalue weighted by Crippen LogP contribution is -1.98. The molecule has 21 heavy (non-hydrogen) atoms. The van der Waals surface area contributed by atoms with Gasteiger partial charge < -0.3 is 4.79 Å². The molecule has 0 aromatic heterocycles. The van der Waals surface area contributed by atoms with E-state index < -0.39 is 0 Å². The van der Waals surface area contributed by atoms with Gasteiger partial charge in [-0.15, -0.1) is 23.5 Å². The Morgan fingerprint density at radius 2 is 1.29 bits per heavy atom. The fraction of sp³-hybridized carbons (Fsp3) is 0.188. The first-order valence-electron chi connectivity index (χ1n) is 6.45. The van der Waals surface area contributed by atoms with Crippen LogP contribution >= 0.6 is 23.5 Å². The van der Waals surface area contributed by atoms with Crippen LogP contribution in [0.4, 0.5) is 8.78 Å². The molecule has 0 amide bonds. The van der Waals surface area contributed by atoms with E-state index in [2.05, 4.69) is 0 Å². The topological polar surface area (TPSA) is 17.1 Å². The van der Waals surface area contributed by atoms with Gasteiger partial charge in [-0.05, 0) is 55.0 Å². The van der Waals surface area contributed by atoms with Crippen LogP contribution in [0.15, 0.2) is 58.3 Å². The second kappa shape index (κ2) is 8.20. The summed E-state index contributed by atoms with van der Waals surface area (Å²) in [4.78, 5) is 12.5. The largest absolute Gasteiger partial charge is 0.303 e. The molecule has 0 saturated carbocycles. The second-order valence-electron chi connectivity index (χ2n) is 4.32. The first kappa shape index (κ1) is 16.0. The van der Waals surface area contributed by atoms with Crippen LogP contribution in [-0.4, -0.2) is 10.9 Å². The van der Waals surface area contributed by atoms with Crippen LogP contribution in [-0.2, 0) is 4.79 Å². The van der Waals surface area contributed by atoms with Crippen molar-refractivity contribution in [3.05, 3.63) is 60.2 Å². The van der Waals surface area contributed by atoms with Gasteiger partial charge in [0.2, 0.25) is 0 Å². The average Bonchev–Trinajstić information content (AvgIpc) is 2.49. The highest BCUT2D eigenvalue weighted by Crippen LogP contribution is 2.38. The number of thioether (sulfide) groups is 2. The summed E-state index contributed by atoms with van der Waals surface area (Å²) in [5.41, 5.74) is 0. The molecule has 2 aromatic carbocycles. The maximum atomic E-state index is 12.9. The first-order chi connectivity index (χ1) is 10.2. The Hall–Kier alpha value is -1.33. The number of hydrogen-bond acceptors (Lipinski definition) is 3. The highest BCUT2D eigenvalue weighted by Gasteiger charge is 2.12. The minimum atomic E-state index is -0.269. The Labute approximate surface area is 131 Å². The van der Waals surface area contributed by atoms with Crippen molar-refractivity contribution in [3.63, 3.8) is 0 Å². The summed E-state index contributed by atoms with van der Waals surface area (Å²) in [7, 11) is 0. The number of rotatable bonds is 7. The smallest absolute Gasteiger partial charge is 0.123 e. The molecule has 1 nitrogen and oxygen atoms in total. The lowest BCUT2D eigenvalue weighted by molar-refractivity contribution is -0.107. The van der Waals surface area contributed by atoms with Crippen LogP contribution in [0.2, 0.25) is 0 Å². The Bertz CT molecular complexity index is 522. The molecule has 0 aliphatic heterocycles. The standard InChI is InChI=1S/C16H14F2OS2/c17-12-3-7-14(8-4-12)20-16(2-1-11-19)21-15-9-5-13(18)6-10-15/h3-11,16H,1-2H2. The Morgan fingerprint density at radius 1 is 0.857 bits per heavy atom. The van der Waals surface area contributed by atoms with Gasteiger partial charge in [0.15, 0.2) is 0 Å². The lowest BCUT2D eigenvalue weighted by atomic mass is 10.3. The molecule has 0 aliphatic rings. The van der Waals surface area contributed by atoms with Crippen LogP contribution in [0.3, 0.4) is 0 Å². The van der Waals surface area contributed by atoms with Crippen molar-refractivity contribution in [2.45, 2.75) is 27.2 Å². The normalized spacial score (nSPS) is 10.8. The number of hydrogen-bond donors (Lipinski definition) is 0. The van der Waals surface area contributed by atoms with Gasteiger partial charge in [0.05, 0.1) is 4.58 Å². The van der Waals surface area contributed by atoms with Gasteiger partial charge in [-0.3, -0.25) is 0 Å². The van der Waals surface area contributed by atoms with Crippen molar-refractivity contribution >= 4 is 29.8 Å². The quantitative estimate of drug-likeness (QED) is 0.398. The third-order valence-corrected chi connectivity index (χ3v) is 5.35. The predicted molar refractivity (Wildman–Crippen MR) is 83.6 cm³/mol. The van der Waals surface area contributed by atoms with E-state index in [9.17, 15) is 13.6 Å². The van der Waals surface area contributed by atoms with E-state index in [1.807, 2.05) is 0 Å². The van der Waals surface area contributed by atoms with Crippen LogP contribution in [0.1, 0.15) is 12.8 Å². The SMILES string of the molecule is O=CCCC(Sc1ccc(F)cc1)Sc1ccc(F)cc1. The maximum absolute atomic E-state index is 12.9. The lowest BCUT2D eigenvalue weighted by Gasteiger charge is -2.15. The third kappa shape index (κ3) is 5.52. The van der Waals surface area contributed by atoms with Gasteiger partial charge in [-0.25, -0.2) is 8.78 Å². The zero-order valence-electron chi connectivity index (χ0n) is 11.2. The fourth-order valence-electron chi connectivity index (χ4n) is 1.68. The molecule has 0 aliphatic carbocycles. The molecule has 0 spiro atoms. The minimum Gasteiger partial charge on any atom is -0.303 e. The van der Waals surface area contributed by atoms with Gasteiger partial charge in [0, 0.05) is 16.2 Å². The number of benzene rings is 2. The van der Waals surface area contributed by atoms with Crippen LogP contribution in [0, 0.1) is 11.6 Å². The second-order valence-corrected chi connectivity index (χ2v) is 7.17. The molecule has 2 rings (SSSR count). The number of carbonyl (C=O) groups is 1. The van der Waals surface area contributed by atoms with Gasteiger partial charge >= 0.3 is 0 Å². The van der Waals surface area contributed by atoms with Crippen LogP contribution < -0.4 is 0 Å². The van der Waals surface area contributed by atoms with E-state index in [1.165, 1.54) is 24.3 Å². The van der Waals surface area contributed by atoms with Crippen molar-refractivity contribution in [3.8, 4) is 0 Å². The zero-order chi connectivity index (χ0) is 15.1. The van der Waals surface area contributed by atoms with Crippen molar-refractivity contribution in [1.29, 1.82) is 0 Å². The van der Waals surface area contributed by atoms with Gasteiger partial charge in [0.25, 0.3) is 0 Å². The van der Waals surface area contributed by atoms with E-state index in [-0.39, 0.29) is 16.2 Å². The fourth-order valence-corrected chi connectivity index (χ4v) is 4.24. The number of halogens is 2. The molecule has 5 heteroatoms. The molecule has 0 bridgehead atoms. The van der Waals surface area contributed by atoms with Crippen molar-refractivity contribution in [2.75, 3.05) is 0 Å². The molecule has 0 N–H and O–H groups in total. The van der Waals surface area contributed by atoms with Gasteiger partial charge in [-0.1, -0.05) is 0 Å². The minimum absolute atomic E-state index is 0.117. The van der Waals surface area contributed by atoms with E-state index in [4.69, 9.17) is 0 Å². The van der Waals surface area contributed by atoms with E-state index in [0.717, 1.165) is 16.1 Å². The summed E-state index contributed by atoms with van der Waals surface area (Å²) >= 11 is 3.16. The maximum Gasteiger partial charge on any atom is 0.123 e. The highest BCUT2D eigenvalue weighted by molar-refractivity contribution is 8.17. The van der Waals surface area contributed by atoms with E-state index in [1.54, 1.807) is 47.8 Å². The molecule has 0 atom stereocenters. The summed E-state index contributed by atoms with van der Waals surface area (Å²) in [6, 6.07) is 12.6. The predicted octanol–water partition coefficient (Wildman–Crippen LogP) is 5.15. The summed E-state index contributed by atoms with van der Waals surface area (Å²) in [6.07, 6.45) is 2.06. The Morgan fingerprint density at radius 3 is 1.67 bits per heavy atom. The van der Waals surface area contributed by atoms with Crippen molar-refractivity contribution < 1.29 is 13.6 Å². The number of carbonyl (C=O) groups excluding carboxylic acids is 1. The monoisotopic (exact) mass is 324 g/mol. The Kier molecular flexibility index (Phi) is 6.26. The first-order valence-corrected chi connectivity index (χ1v) is 8.21. The van der Waals surface area contributed by atoms with Crippen LogP contribution in [0.5, 0.6) is 0 Å². The molecule has 0 unspecified atom stereocenters. The van der Waals surface area contributed by atoms with E-state index in [0.29, 0.717) is 12.8 Å². The molecule has 0 heterocycles. The molecule has 0 fully saturated rings. The molecular formula is C16H14F2OS2. The number of aldehydes is 1. The molecule has 0 radical (unpaired) electrons. The third-order valence-electron chi connectivity index (χ3n) is 2.68. The summed E-state index contributed by atoms with van der Waals surface area (Å²) < 4.78 is 25.9. The van der Waals surface area contributed by atoms with Gasteiger partial charge in [-0.2, -0.15) is 0 Å². The van der Waals surface area contributed by atoms with Gasteiger partial charge in [0.1, 0.15) is 17.9 Å². The Balaban J connectivity index is 2.04. The molecule has 110 valence electrons. The molecule has 2 aromatic rings. The highest BCUT2D eigenvalue weighted by atomic mass is 32.2. The summed E-state index contributed by atoms with van der Waals surface area (Å²) in [6.45, 7) is 0. The summed E-state index contributed by atoms with van der Waals surface area (Å²) in [5, 5.41) is 0. The average molecular weight is 324 g/mol. The molecule has 0 saturated heterocycles. The van der Waals surface area contributed by atoms with Crippen molar-refractivity contribution in [1.82, 2.24) is 0 Å². The molecular weight excluding hydrogens is 310 g/mol. The van der Waals surface area contributed by atoms with Crippen LogP contribution in [0.25, 0.3) is 0 Å². The van der Waals surface area contributed by atoms with E-state index >= 15 is 0 Å². The summed E-state index contributed by atoms with van der Waals surface area (Å²) in [5.74, 6) is -0.537. The van der Waals surface area contributed by atoms with Crippen molar-refractivity contribution in [2.24, 2.45) is 0 Å².